The van der Waals surface area contributed by atoms with Gasteiger partial charge >= 0.3 is 0 Å². The van der Waals surface area contributed by atoms with Crippen molar-refractivity contribution < 1.29 is 4.79 Å². The molecule has 0 saturated heterocycles. The molecular weight excluding hydrogens is 198 g/mol. The monoisotopic (exact) mass is 211 g/mol. The first-order valence-corrected chi connectivity index (χ1v) is 4.98. The molecule has 0 bridgehead atoms. The molecule has 0 fully saturated rings. The van der Waals surface area contributed by atoms with Gasteiger partial charge in [0, 0.05) is 18.0 Å². The Morgan fingerprint density at radius 1 is 1.50 bits per heavy atom. The Morgan fingerprint density at radius 2 is 2.14 bits per heavy atom. The zero-order valence-electron chi connectivity index (χ0n) is 8.38. The molecule has 0 saturated carbocycles. The van der Waals surface area contributed by atoms with Crippen molar-refractivity contribution in [3.63, 3.8) is 0 Å². The smallest absolute Gasteiger partial charge is 0.217 e. The standard InChI is InChI=1S/C11H14ClNO/c1-8(13-9(2)14)7-10-5-3-4-6-11(10)12/h3-6,8H,7H2,1-2H3,(H,13,14)/t8-/m0/s1. The van der Waals surface area contributed by atoms with E-state index in [1.165, 1.54) is 6.92 Å². The van der Waals surface area contributed by atoms with E-state index in [1.54, 1.807) is 0 Å². The molecule has 1 N–H and O–H groups in total. The van der Waals surface area contributed by atoms with Crippen LogP contribution < -0.4 is 5.32 Å². The molecule has 14 heavy (non-hydrogen) atoms. The van der Waals surface area contributed by atoms with Crippen molar-refractivity contribution in [3.8, 4) is 0 Å². The molecule has 0 aliphatic heterocycles. The van der Waals surface area contributed by atoms with Crippen LogP contribution in [-0.2, 0) is 11.2 Å². The van der Waals surface area contributed by atoms with Crippen LogP contribution in [0.15, 0.2) is 24.3 Å². The van der Waals surface area contributed by atoms with Gasteiger partial charge < -0.3 is 5.32 Å². The van der Waals surface area contributed by atoms with E-state index in [0.29, 0.717) is 0 Å². The average molecular weight is 212 g/mol. The number of halogens is 1. The minimum atomic E-state index is -0.00967. The normalized spacial score (nSPS) is 12.2. The highest BCUT2D eigenvalue weighted by atomic mass is 35.5. The third kappa shape index (κ3) is 3.38. The number of hydrogen-bond acceptors (Lipinski definition) is 1. The Hall–Kier alpha value is -1.02. The van der Waals surface area contributed by atoms with Gasteiger partial charge in [-0.3, -0.25) is 4.79 Å². The van der Waals surface area contributed by atoms with Crippen LogP contribution in [0.4, 0.5) is 0 Å². The number of carbonyl (C=O) groups excluding carboxylic acids is 1. The van der Waals surface area contributed by atoms with E-state index < -0.39 is 0 Å². The van der Waals surface area contributed by atoms with E-state index >= 15 is 0 Å². The second kappa shape index (κ2) is 5.01. The molecular formula is C11H14ClNO. The molecule has 1 aromatic carbocycles. The number of rotatable bonds is 3. The molecule has 0 aliphatic rings. The minimum Gasteiger partial charge on any atom is -0.354 e. The lowest BCUT2D eigenvalue weighted by molar-refractivity contribution is -0.119. The summed E-state index contributed by atoms with van der Waals surface area (Å²) in [7, 11) is 0. The Morgan fingerprint density at radius 3 is 2.71 bits per heavy atom. The quantitative estimate of drug-likeness (QED) is 0.818. The Labute approximate surface area is 89.3 Å². The predicted molar refractivity (Wildman–Crippen MR) is 58.4 cm³/mol. The van der Waals surface area contributed by atoms with Crippen molar-refractivity contribution in [2.24, 2.45) is 0 Å². The van der Waals surface area contributed by atoms with Gasteiger partial charge in [0.15, 0.2) is 0 Å². The van der Waals surface area contributed by atoms with Crippen LogP contribution >= 0.6 is 11.6 Å². The number of hydrogen-bond donors (Lipinski definition) is 1. The molecule has 3 heteroatoms. The van der Waals surface area contributed by atoms with Gasteiger partial charge in [-0.25, -0.2) is 0 Å². The lowest BCUT2D eigenvalue weighted by atomic mass is 10.1. The Bertz CT molecular complexity index is 325. The fourth-order valence-corrected chi connectivity index (χ4v) is 1.60. The Balaban J connectivity index is 2.60. The van der Waals surface area contributed by atoms with Crippen molar-refractivity contribution in [1.29, 1.82) is 0 Å². The maximum Gasteiger partial charge on any atom is 0.217 e. The fourth-order valence-electron chi connectivity index (χ4n) is 1.39. The molecule has 76 valence electrons. The summed E-state index contributed by atoms with van der Waals surface area (Å²) < 4.78 is 0. The highest BCUT2D eigenvalue weighted by Crippen LogP contribution is 2.16. The zero-order valence-corrected chi connectivity index (χ0v) is 9.14. The van der Waals surface area contributed by atoms with E-state index in [-0.39, 0.29) is 11.9 Å². The van der Waals surface area contributed by atoms with E-state index in [2.05, 4.69) is 5.32 Å². The lowest BCUT2D eigenvalue weighted by Gasteiger charge is -2.13. The largest absolute Gasteiger partial charge is 0.354 e. The SMILES string of the molecule is CC(=O)N[C@@H](C)Cc1ccccc1Cl. The van der Waals surface area contributed by atoms with Crippen molar-refractivity contribution in [3.05, 3.63) is 34.9 Å². The van der Waals surface area contributed by atoms with E-state index in [0.717, 1.165) is 17.0 Å². The molecule has 0 aromatic heterocycles. The number of amides is 1. The molecule has 0 radical (unpaired) electrons. The summed E-state index contributed by atoms with van der Waals surface area (Å²) in [5, 5.41) is 3.58. The first-order valence-electron chi connectivity index (χ1n) is 4.60. The first-order chi connectivity index (χ1) is 6.59. The first kappa shape index (κ1) is 11.1. The van der Waals surface area contributed by atoms with Gasteiger partial charge in [0.05, 0.1) is 0 Å². The zero-order chi connectivity index (χ0) is 10.6. The summed E-state index contributed by atoms with van der Waals surface area (Å²) in [6.45, 7) is 3.48. The van der Waals surface area contributed by atoms with E-state index in [4.69, 9.17) is 11.6 Å². The molecule has 0 spiro atoms. The van der Waals surface area contributed by atoms with Crippen molar-refractivity contribution >= 4 is 17.5 Å². The van der Waals surface area contributed by atoms with Crippen LogP contribution in [-0.4, -0.2) is 11.9 Å². The second-order valence-corrected chi connectivity index (χ2v) is 3.80. The van der Waals surface area contributed by atoms with Gasteiger partial charge in [-0.2, -0.15) is 0 Å². The van der Waals surface area contributed by atoms with Gasteiger partial charge in [-0.15, -0.1) is 0 Å². The number of carbonyl (C=O) groups is 1. The van der Waals surface area contributed by atoms with Crippen LogP contribution in [0, 0.1) is 0 Å². The molecule has 0 heterocycles. The minimum absolute atomic E-state index is 0.00967. The molecule has 1 amide bonds. The van der Waals surface area contributed by atoms with E-state index in [9.17, 15) is 4.79 Å². The summed E-state index contributed by atoms with van der Waals surface area (Å²) in [6, 6.07) is 7.79. The van der Waals surface area contributed by atoms with Crippen molar-refractivity contribution in [2.45, 2.75) is 26.3 Å². The van der Waals surface area contributed by atoms with Gasteiger partial charge in [0.25, 0.3) is 0 Å². The second-order valence-electron chi connectivity index (χ2n) is 3.40. The highest BCUT2D eigenvalue weighted by Gasteiger charge is 2.06. The summed E-state index contributed by atoms with van der Waals surface area (Å²) in [5.74, 6) is -0.00967. The lowest BCUT2D eigenvalue weighted by Crippen LogP contribution is -2.32. The van der Waals surface area contributed by atoms with Crippen LogP contribution in [0.2, 0.25) is 5.02 Å². The molecule has 1 rings (SSSR count). The number of benzene rings is 1. The Kier molecular flexibility index (Phi) is 3.96. The molecule has 2 nitrogen and oxygen atoms in total. The topological polar surface area (TPSA) is 29.1 Å². The predicted octanol–water partition coefficient (Wildman–Crippen LogP) is 2.41. The highest BCUT2D eigenvalue weighted by molar-refractivity contribution is 6.31. The fraction of sp³-hybridized carbons (Fsp3) is 0.364. The van der Waals surface area contributed by atoms with Crippen molar-refractivity contribution in [2.75, 3.05) is 0 Å². The maximum absolute atomic E-state index is 10.8. The van der Waals surface area contributed by atoms with Crippen molar-refractivity contribution in [1.82, 2.24) is 5.32 Å². The average Bonchev–Trinajstić information content (AvgIpc) is 2.07. The maximum atomic E-state index is 10.8. The molecule has 1 atom stereocenters. The molecule has 1 aromatic rings. The summed E-state index contributed by atoms with van der Waals surface area (Å²) in [6.07, 6.45) is 0.763. The third-order valence-corrected chi connectivity index (χ3v) is 2.30. The summed E-state index contributed by atoms with van der Waals surface area (Å²) in [4.78, 5) is 10.8. The van der Waals surface area contributed by atoms with Crippen LogP contribution in [0.5, 0.6) is 0 Å². The number of nitrogens with one attached hydrogen (secondary N) is 1. The molecule has 0 unspecified atom stereocenters. The van der Waals surface area contributed by atoms with E-state index in [1.807, 2.05) is 31.2 Å². The summed E-state index contributed by atoms with van der Waals surface area (Å²) in [5.41, 5.74) is 1.07. The molecule has 0 aliphatic carbocycles. The van der Waals surface area contributed by atoms with Gasteiger partial charge in [-0.05, 0) is 25.0 Å². The summed E-state index contributed by atoms with van der Waals surface area (Å²) >= 11 is 5.99. The van der Waals surface area contributed by atoms with Gasteiger partial charge in [-0.1, -0.05) is 29.8 Å². The van der Waals surface area contributed by atoms with Crippen LogP contribution in [0.1, 0.15) is 19.4 Å². The third-order valence-electron chi connectivity index (χ3n) is 1.93. The van der Waals surface area contributed by atoms with Crippen LogP contribution in [0.3, 0.4) is 0 Å². The van der Waals surface area contributed by atoms with Crippen LogP contribution in [0.25, 0.3) is 0 Å². The van der Waals surface area contributed by atoms with Gasteiger partial charge in [0.1, 0.15) is 0 Å². The van der Waals surface area contributed by atoms with Gasteiger partial charge in [0.2, 0.25) is 5.91 Å².